The number of fused-ring (bicyclic) bond motifs is 3. The zero-order chi connectivity index (χ0) is 41.2. The normalized spacial score (nSPS) is 11.0. The quantitative estimate of drug-likeness (QED) is 0.0478. The Balaban J connectivity index is 0.000000309. The fourth-order valence-corrected chi connectivity index (χ4v) is 6.59. The summed E-state index contributed by atoms with van der Waals surface area (Å²) in [6, 6.07) is 26.1. The fraction of sp³-hybridized carbons (Fsp3) is 0.0263. The zero-order valence-corrected chi connectivity index (χ0v) is 37.6. The molecule has 7 rings (SSSR count). The number of carboxylic acid groups (broad SMARTS) is 1. The van der Waals surface area contributed by atoms with Crippen molar-refractivity contribution in [3.63, 3.8) is 0 Å². The van der Waals surface area contributed by atoms with Gasteiger partial charge in [0.25, 0.3) is 21.5 Å². The van der Waals surface area contributed by atoms with Crippen molar-refractivity contribution < 1.29 is 125 Å². The first-order valence-electron chi connectivity index (χ1n) is 16.2. The van der Waals surface area contributed by atoms with Crippen molar-refractivity contribution in [2.75, 3.05) is 0 Å². The predicted octanol–water partition coefficient (Wildman–Crippen LogP) is 3.86. The Morgan fingerprint density at radius 2 is 1.13 bits per heavy atom. The summed E-state index contributed by atoms with van der Waals surface area (Å²) in [5.74, 6) is -2.26. The second-order valence-corrected chi connectivity index (χ2v) is 13.5. The number of hydrogen-bond acceptors (Lipinski definition) is 14. The maximum Gasteiger partial charge on any atom is 1.00 e. The Bertz CT molecular complexity index is 3010. The number of carbonyl (C=O) groups is 1. The van der Waals surface area contributed by atoms with Gasteiger partial charge in [0.05, 0.1) is 15.4 Å². The van der Waals surface area contributed by atoms with Crippen LogP contribution in [0, 0.1) is 27.2 Å². The molecule has 5 N–H and O–H groups in total. The monoisotopic (exact) mass is 888 g/mol. The number of phenols is 3. The molecule has 18 nitrogen and oxygen atoms in total. The molecule has 0 aliphatic rings. The van der Waals surface area contributed by atoms with Crippen LogP contribution in [0.15, 0.2) is 135 Å². The van der Waals surface area contributed by atoms with Crippen LogP contribution >= 0.6 is 0 Å². The van der Waals surface area contributed by atoms with Gasteiger partial charge in [0.1, 0.15) is 44.9 Å². The Morgan fingerprint density at radius 1 is 0.600 bits per heavy atom. The zero-order valence-electron chi connectivity index (χ0n) is 31.5. The first kappa shape index (κ1) is 49.0. The van der Waals surface area contributed by atoms with E-state index in [1.807, 2.05) is 19.1 Å². The second kappa shape index (κ2) is 20.3. The van der Waals surface area contributed by atoms with E-state index in [-0.39, 0.29) is 133 Å². The largest absolute Gasteiger partial charge is 1.00 e. The Labute approximate surface area is 393 Å². The number of carboxylic acids is 1. The van der Waals surface area contributed by atoms with Crippen LogP contribution in [0.5, 0.6) is 17.2 Å². The standard InChI is InChI=1S/C20H13N3O7S.C18H13N3O5.Cr.2Na/c24-16-8-5-11-3-1-2-4-13(11)19(16)21-22-20-14-7-6-12(23(26)27)9-15(14)18(10-17(20)25)31(28,29)30;1-10-8-15(17(18(23)24)13-5-3-2-4-12(10)13)20-19-14-9-11(21(25)26)6-7-16(14)22;;;/h1-10,24-25H,(H,28,29,30);2-9,22H,1H3,(H,23,24);;;/q;;;2*+1. The number of non-ortho nitro benzene ring substituents is 2. The topological polar surface area (TPSA) is 288 Å². The van der Waals surface area contributed by atoms with Crippen molar-refractivity contribution in [1.82, 2.24) is 0 Å². The molecule has 0 amide bonds. The van der Waals surface area contributed by atoms with Crippen LogP contribution in [-0.4, -0.2) is 49.2 Å². The maximum atomic E-state index is 11.7. The number of phenolic OH excluding ortho intramolecular Hbond substituents is 3. The van der Waals surface area contributed by atoms with E-state index in [0.717, 1.165) is 52.7 Å². The molecule has 292 valence electrons. The molecule has 0 unspecified atom stereocenters. The summed E-state index contributed by atoms with van der Waals surface area (Å²) in [6.07, 6.45) is 0. The van der Waals surface area contributed by atoms with Gasteiger partial charge in [0.2, 0.25) is 0 Å². The van der Waals surface area contributed by atoms with E-state index < -0.39 is 42.3 Å². The molecule has 7 aromatic rings. The van der Waals surface area contributed by atoms with E-state index in [1.54, 1.807) is 48.5 Å². The van der Waals surface area contributed by atoms with Crippen molar-refractivity contribution in [1.29, 1.82) is 0 Å². The van der Waals surface area contributed by atoms with Crippen molar-refractivity contribution >= 4 is 82.5 Å². The van der Waals surface area contributed by atoms with Gasteiger partial charge in [-0.25, -0.2) is 4.79 Å². The number of nitro benzene ring substituents is 2. The van der Waals surface area contributed by atoms with E-state index in [2.05, 4.69) is 20.5 Å². The van der Waals surface area contributed by atoms with Crippen LogP contribution < -0.4 is 59.1 Å². The number of aryl methyl sites for hydroxylation is 1. The summed E-state index contributed by atoms with van der Waals surface area (Å²) < 4.78 is 33.0. The van der Waals surface area contributed by atoms with E-state index >= 15 is 0 Å². The Hall–Kier alpha value is -5.37. The van der Waals surface area contributed by atoms with Crippen LogP contribution in [0.4, 0.5) is 34.1 Å². The van der Waals surface area contributed by atoms with Crippen LogP contribution in [0.1, 0.15) is 15.9 Å². The molecule has 0 atom stereocenters. The third kappa shape index (κ3) is 10.5. The van der Waals surface area contributed by atoms with Crippen molar-refractivity contribution in [3.05, 3.63) is 141 Å². The minimum absolute atomic E-state index is 0. The smallest absolute Gasteiger partial charge is 0.506 e. The van der Waals surface area contributed by atoms with Crippen molar-refractivity contribution in [3.8, 4) is 17.2 Å². The molecule has 7 aromatic carbocycles. The van der Waals surface area contributed by atoms with Crippen LogP contribution in [-0.2, 0) is 27.5 Å². The number of rotatable bonds is 8. The van der Waals surface area contributed by atoms with E-state index in [1.165, 1.54) is 12.1 Å². The van der Waals surface area contributed by atoms with Crippen LogP contribution in [0.3, 0.4) is 0 Å². The van der Waals surface area contributed by atoms with Gasteiger partial charge in [0.15, 0.2) is 0 Å². The number of azo groups is 2. The summed E-state index contributed by atoms with van der Waals surface area (Å²) in [5.41, 5.74) is 0.00210. The van der Waals surface area contributed by atoms with Gasteiger partial charge in [-0.3, -0.25) is 24.8 Å². The third-order valence-electron chi connectivity index (χ3n) is 8.53. The van der Waals surface area contributed by atoms with Gasteiger partial charge in [-0.05, 0) is 52.9 Å². The van der Waals surface area contributed by atoms with Crippen molar-refractivity contribution in [2.24, 2.45) is 20.5 Å². The fourth-order valence-electron chi connectivity index (χ4n) is 5.89. The molecule has 0 aliphatic carbocycles. The minimum Gasteiger partial charge on any atom is -0.506 e. The molecular formula is C38H26CrN6Na2O12S+2. The van der Waals surface area contributed by atoms with E-state index in [9.17, 15) is 58.4 Å². The number of hydrogen-bond donors (Lipinski definition) is 5. The van der Waals surface area contributed by atoms with Gasteiger partial charge < -0.3 is 20.4 Å². The molecule has 0 aliphatic heterocycles. The molecule has 0 heterocycles. The molecule has 22 heteroatoms. The summed E-state index contributed by atoms with van der Waals surface area (Å²) in [7, 11) is -4.81. The summed E-state index contributed by atoms with van der Waals surface area (Å²) >= 11 is 0. The van der Waals surface area contributed by atoms with Crippen molar-refractivity contribution in [2.45, 2.75) is 11.8 Å². The molecular weight excluding hydrogens is 862 g/mol. The molecule has 0 bridgehead atoms. The summed E-state index contributed by atoms with van der Waals surface area (Å²) in [5, 5.41) is 80.1. The molecule has 0 aromatic heterocycles. The summed E-state index contributed by atoms with van der Waals surface area (Å²) in [6.45, 7) is 1.82. The minimum atomic E-state index is -4.81. The maximum absolute atomic E-state index is 11.7. The SMILES string of the molecule is Cc1cc(N=Nc2cc([N+](=O)[O-])ccc2O)c(C(=O)O)c2ccccc12.O=[N+]([O-])c1ccc2c(N=Nc3c(O)ccc4ccccc34)c(O)cc(S(=O)(=O)O)c2c1.[Cr].[Na+].[Na+]. The number of aromatic carboxylic acids is 1. The summed E-state index contributed by atoms with van der Waals surface area (Å²) in [4.78, 5) is 31.6. The van der Waals surface area contributed by atoms with E-state index in [4.69, 9.17) is 0 Å². The Kier molecular flexibility index (Phi) is 16.5. The molecule has 0 saturated heterocycles. The van der Waals surface area contributed by atoms with Gasteiger partial charge in [0, 0.05) is 63.9 Å². The molecule has 0 spiro atoms. The first-order chi connectivity index (χ1) is 27.0. The average Bonchev–Trinajstić information content (AvgIpc) is 3.17. The number of nitrogens with zero attached hydrogens (tertiary/aromatic N) is 6. The number of nitro groups is 2. The van der Waals surface area contributed by atoms with Crippen LogP contribution in [0.2, 0.25) is 0 Å². The number of benzene rings is 7. The van der Waals surface area contributed by atoms with Gasteiger partial charge in [-0.15, -0.1) is 20.5 Å². The second-order valence-electron chi connectivity index (χ2n) is 12.1. The van der Waals surface area contributed by atoms with Gasteiger partial charge >= 0.3 is 65.1 Å². The Morgan fingerprint density at radius 3 is 1.75 bits per heavy atom. The molecule has 0 radical (unpaired) electrons. The average molecular weight is 889 g/mol. The predicted molar refractivity (Wildman–Crippen MR) is 206 cm³/mol. The van der Waals surface area contributed by atoms with E-state index in [0.29, 0.717) is 10.8 Å². The molecule has 0 fully saturated rings. The third-order valence-corrected chi connectivity index (χ3v) is 9.43. The number of aromatic hydroxyl groups is 3. The molecule has 60 heavy (non-hydrogen) atoms. The van der Waals surface area contributed by atoms with Gasteiger partial charge in [-0.2, -0.15) is 8.42 Å². The van der Waals surface area contributed by atoms with Crippen LogP contribution in [0.25, 0.3) is 32.3 Å². The first-order valence-corrected chi connectivity index (χ1v) is 17.7. The molecule has 0 saturated carbocycles. The van der Waals surface area contributed by atoms with Gasteiger partial charge in [-0.1, -0.05) is 54.6 Å².